The molecule has 0 fully saturated rings. The summed E-state index contributed by atoms with van der Waals surface area (Å²) in [5.41, 5.74) is 4.66. The number of halogens is 1. The molecule has 2 rings (SSSR count). The van der Waals surface area contributed by atoms with Crippen molar-refractivity contribution in [2.75, 3.05) is 7.05 Å². The van der Waals surface area contributed by atoms with Gasteiger partial charge in [-0.3, -0.25) is 0 Å². The fourth-order valence-corrected chi connectivity index (χ4v) is 4.06. The molecular weight excluding hydrogens is 385 g/mol. The molecule has 0 aliphatic heterocycles. The van der Waals surface area contributed by atoms with E-state index < -0.39 is 0 Å². The Labute approximate surface area is 169 Å². The Morgan fingerprint density at radius 1 is 1.04 bits per heavy atom. The van der Waals surface area contributed by atoms with Gasteiger partial charge in [0.15, 0.2) is 0 Å². The van der Waals surface area contributed by atoms with Crippen LogP contribution >= 0.6 is 17.9 Å². The Morgan fingerprint density at radius 3 is 2.24 bits per heavy atom. The molecule has 1 unspecified atom stereocenters. The molecule has 0 amide bonds. The minimum atomic E-state index is -0.0653. The van der Waals surface area contributed by atoms with Crippen molar-refractivity contribution in [2.24, 2.45) is 0 Å². The molecule has 1 N–H and O–H groups in total. The molecule has 2 nitrogen and oxygen atoms in total. The number of hydrogen-bond donors (Lipinski definition) is 1. The maximum absolute atomic E-state index is 10.8. The summed E-state index contributed by atoms with van der Waals surface area (Å²) < 4.78 is 0. The van der Waals surface area contributed by atoms with Crippen LogP contribution in [-0.2, 0) is 31.3 Å². The van der Waals surface area contributed by atoms with E-state index in [1.807, 2.05) is 7.05 Å². The standard InChI is InChI=1S/C20H27NOP.ClH.Ti/c1-13-7-8-17(15(9-13)12-21-6)23-18-11-14(2)10-16(19(18)22)20(3,4)5;;/h7-11,22-23H,12H2,1-6H3;1H;/q-1;;+2/p-1. The van der Waals surface area contributed by atoms with Crippen LogP contribution in [-0.4, -0.2) is 12.2 Å². The van der Waals surface area contributed by atoms with Crippen LogP contribution in [0.4, 0.5) is 0 Å². The summed E-state index contributed by atoms with van der Waals surface area (Å²) >= 11 is 1.47. The molecule has 25 heavy (non-hydrogen) atoms. The molecule has 2 aromatic carbocycles. The average Bonchev–Trinajstić information content (AvgIpc) is 2.54. The van der Waals surface area contributed by atoms with Crippen LogP contribution in [0, 0.1) is 13.8 Å². The SMILES string of the molecule is C[N-]Cc1cc(C)ccc1Pc1cc(C)cc(C(C)(C)C)c1O.[Cl][Ti+]. The summed E-state index contributed by atoms with van der Waals surface area (Å²) in [6.45, 7) is 11.3. The van der Waals surface area contributed by atoms with Gasteiger partial charge in [0.1, 0.15) is 5.75 Å². The molecule has 0 heterocycles. The summed E-state index contributed by atoms with van der Waals surface area (Å²) in [6.07, 6.45) is 0. The second kappa shape index (κ2) is 10.1. The van der Waals surface area contributed by atoms with Gasteiger partial charge < -0.3 is 10.4 Å². The maximum atomic E-state index is 10.8. The zero-order valence-corrected chi connectivity index (χ0v) is 19.2. The second-order valence-corrected chi connectivity index (χ2v) is 8.55. The van der Waals surface area contributed by atoms with Gasteiger partial charge in [-0.25, -0.2) is 0 Å². The van der Waals surface area contributed by atoms with Crippen LogP contribution in [0.15, 0.2) is 30.3 Å². The van der Waals surface area contributed by atoms with Gasteiger partial charge in [-0.05, 0) is 36.2 Å². The number of aryl methyl sites for hydroxylation is 2. The third kappa shape index (κ3) is 6.38. The molecule has 0 radical (unpaired) electrons. The number of aromatic hydroxyl groups is 1. The van der Waals surface area contributed by atoms with Crippen LogP contribution in [0.5, 0.6) is 5.75 Å². The van der Waals surface area contributed by atoms with E-state index in [2.05, 4.69) is 79.6 Å². The zero-order chi connectivity index (χ0) is 19.2. The Kier molecular flexibility index (Phi) is 9.16. The number of phenolic OH excluding ortho intramolecular Hbond substituents is 1. The van der Waals surface area contributed by atoms with Crippen molar-refractivity contribution < 1.29 is 24.5 Å². The first kappa shape index (κ1) is 22.7. The third-order valence-electron chi connectivity index (χ3n) is 3.92. The number of nitrogens with zero attached hydrogens (tertiary/aromatic N) is 1. The average molecular weight is 412 g/mol. The number of hydrogen-bond acceptors (Lipinski definition) is 1. The van der Waals surface area contributed by atoms with Gasteiger partial charge in [0.25, 0.3) is 0 Å². The van der Waals surface area contributed by atoms with Crippen molar-refractivity contribution in [3.05, 3.63) is 57.9 Å². The van der Waals surface area contributed by atoms with Gasteiger partial charge in [-0.2, -0.15) is 7.05 Å². The van der Waals surface area contributed by atoms with Crippen LogP contribution in [0.25, 0.3) is 5.32 Å². The second-order valence-electron chi connectivity index (χ2n) is 7.22. The first-order valence-electron chi connectivity index (χ1n) is 8.17. The van der Waals surface area contributed by atoms with E-state index in [1.165, 1.54) is 41.4 Å². The molecule has 0 aromatic heterocycles. The summed E-state index contributed by atoms with van der Waals surface area (Å²) in [7, 11) is 6.93. The Morgan fingerprint density at radius 2 is 1.68 bits per heavy atom. The van der Waals surface area contributed by atoms with Crippen molar-refractivity contribution in [3.8, 4) is 5.75 Å². The summed E-state index contributed by atoms with van der Waals surface area (Å²) in [5, 5.41) is 17.3. The molecular formula is C20H27ClNOPTi. The molecule has 2 aromatic rings. The van der Waals surface area contributed by atoms with E-state index in [9.17, 15) is 5.11 Å². The van der Waals surface area contributed by atoms with E-state index in [4.69, 9.17) is 0 Å². The monoisotopic (exact) mass is 411 g/mol. The predicted molar refractivity (Wildman–Crippen MR) is 109 cm³/mol. The molecule has 0 aliphatic rings. The van der Waals surface area contributed by atoms with Gasteiger partial charge in [0.05, 0.1) is 0 Å². The van der Waals surface area contributed by atoms with Gasteiger partial charge in [0, 0.05) is 10.9 Å². The summed E-state index contributed by atoms with van der Waals surface area (Å²) in [4.78, 5) is 0. The van der Waals surface area contributed by atoms with Crippen LogP contribution in [0.3, 0.4) is 0 Å². The molecule has 0 bridgehead atoms. The summed E-state index contributed by atoms with van der Waals surface area (Å²) in [6, 6.07) is 10.7. The Hall–Kier alpha value is -0.366. The van der Waals surface area contributed by atoms with E-state index in [-0.39, 0.29) is 5.41 Å². The van der Waals surface area contributed by atoms with Crippen molar-refractivity contribution >= 4 is 28.5 Å². The normalized spacial score (nSPS) is 11.4. The molecule has 1 atom stereocenters. The summed E-state index contributed by atoms with van der Waals surface area (Å²) in [5.74, 6) is 0.446. The van der Waals surface area contributed by atoms with Crippen LogP contribution < -0.4 is 10.6 Å². The van der Waals surface area contributed by atoms with Crippen molar-refractivity contribution in [2.45, 2.75) is 46.6 Å². The Balaban J connectivity index is 0.00000151. The number of benzene rings is 2. The molecule has 0 aliphatic carbocycles. The first-order chi connectivity index (χ1) is 11.7. The topological polar surface area (TPSA) is 34.3 Å². The number of rotatable bonds is 4. The first-order valence-corrected chi connectivity index (χ1v) is 11.3. The van der Waals surface area contributed by atoms with Gasteiger partial charge in [-0.1, -0.05) is 64.7 Å². The van der Waals surface area contributed by atoms with Gasteiger partial charge >= 0.3 is 28.7 Å². The van der Waals surface area contributed by atoms with E-state index in [0.717, 1.165) is 17.4 Å². The van der Waals surface area contributed by atoms with E-state index >= 15 is 0 Å². The van der Waals surface area contributed by atoms with Crippen LogP contribution in [0.2, 0.25) is 0 Å². The quantitative estimate of drug-likeness (QED) is 0.549. The van der Waals surface area contributed by atoms with Gasteiger partial charge in [-0.15, -0.1) is 6.54 Å². The molecule has 5 heteroatoms. The fraction of sp³-hybridized carbons (Fsp3) is 0.400. The van der Waals surface area contributed by atoms with Crippen molar-refractivity contribution in [3.63, 3.8) is 0 Å². The predicted octanol–water partition coefficient (Wildman–Crippen LogP) is 5.13. The van der Waals surface area contributed by atoms with E-state index in [0.29, 0.717) is 14.3 Å². The van der Waals surface area contributed by atoms with Gasteiger partial charge in [0.2, 0.25) is 0 Å². The van der Waals surface area contributed by atoms with Crippen LogP contribution in [0.1, 0.15) is 43.0 Å². The molecule has 134 valence electrons. The Bertz CT molecular complexity index is 714. The van der Waals surface area contributed by atoms with Crippen molar-refractivity contribution in [1.82, 2.24) is 0 Å². The fourth-order valence-electron chi connectivity index (χ4n) is 2.74. The minimum absolute atomic E-state index is 0.0653. The van der Waals surface area contributed by atoms with E-state index in [1.54, 1.807) is 0 Å². The molecule has 0 spiro atoms. The zero-order valence-electron chi connectivity index (χ0n) is 15.9. The number of phenols is 1. The third-order valence-corrected chi connectivity index (χ3v) is 5.33. The molecule has 0 saturated carbocycles. The van der Waals surface area contributed by atoms with Crippen molar-refractivity contribution in [1.29, 1.82) is 0 Å². The molecule has 0 saturated heterocycles.